The summed E-state index contributed by atoms with van der Waals surface area (Å²) in [7, 11) is 0. The standard InChI is InChI=1S/C13H24O/c1-11(2)13(14)9-7-12(8-10-13)5-3-4-6-12/h11,14H,3-10H2,1-2H3. The minimum atomic E-state index is -0.339. The first kappa shape index (κ1) is 10.5. The first-order chi connectivity index (χ1) is 6.56. The Kier molecular flexibility index (Phi) is 2.63. The highest BCUT2D eigenvalue weighted by Gasteiger charge is 2.44. The molecule has 0 aromatic carbocycles. The molecule has 0 atom stereocenters. The minimum absolute atomic E-state index is 0.339. The fourth-order valence-corrected chi connectivity index (χ4v) is 3.42. The predicted octanol–water partition coefficient (Wildman–Crippen LogP) is 3.51. The van der Waals surface area contributed by atoms with E-state index in [0.717, 1.165) is 12.8 Å². The Bertz CT molecular complexity index is 185. The molecule has 1 nitrogen and oxygen atoms in total. The van der Waals surface area contributed by atoms with Crippen molar-refractivity contribution in [2.45, 2.75) is 70.8 Å². The van der Waals surface area contributed by atoms with Gasteiger partial charge in [0, 0.05) is 0 Å². The second-order valence-corrected chi connectivity index (χ2v) is 5.97. The van der Waals surface area contributed by atoms with Gasteiger partial charge in [0.15, 0.2) is 0 Å². The van der Waals surface area contributed by atoms with Gasteiger partial charge in [-0.25, -0.2) is 0 Å². The highest BCUT2D eigenvalue weighted by atomic mass is 16.3. The maximum absolute atomic E-state index is 10.4. The highest BCUT2D eigenvalue weighted by Crippen LogP contribution is 2.52. The van der Waals surface area contributed by atoms with Gasteiger partial charge in [0.1, 0.15) is 0 Å². The lowest BCUT2D eigenvalue weighted by Crippen LogP contribution is -2.42. The van der Waals surface area contributed by atoms with Crippen molar-refractivity contribution in [3.05, 3.63) is 0 Å². The quantitative estimate of drug-likeness (QED) is 0.680. The van der Waals surface area contributed by atoms with Crippen LogP contribution in [0.2, 0.25) is 0 Å². The van der Waals surface area contributed by atoms with Crippen molar-refractivity contribution in [2.24, 2.45) is 11.3 Å². The smallest absolute Gasteiger partial charge is 0.0671 e. The summed E-state index contributed by atoms with van der Waals surface area (Å²) in [5, 5.41) is 10.4. The van der Waals surface area contributed by atoms with Crippen LogP contribution in [-0.4, -0.2) is 10.7 Å². The van der Waals surface area contributed by atoms with Gasteiger partial charge in [0.2, 0.25) is 0 Å². The van der Waals surface area contributed by atoms with Gasteiger partial charge in [-0.05, 0) is 49.9 Å². The van der Waals surface area contributed by atoms with Crippen molar-refractivity contribution in [1.82, 2.24) is 0 Å². The molecule has 0 aromatic heterocycles. The van der Waals surface area contributed by atoms with E-state index in [0.29, 0.717) is 11.3 Å². The summed E-state index contributed by atoms with van der Waals surface area (Å²) in [6.07, 6.45) is 10.4. The third-order valence-electron chi connectivity index (χ3n) is 4.92. The van der Waals surface area contributed by atoms with Gasteiger partial charge in [-0.1, -0.05) is 26.7 Å². The molecule has 0 heterocycles. The largest absolute Gasteiger partial charge is 0.390 e. The molecule has 1 N–H and O–H groups in total. The Hall–Kier alpha value is -0.0400. The molecule has 1 spiro atoms. The molecule has 0 amide bonds. The first-order valence-corrected chi connectivity index (χ1v) is 6.29. The Morgan fingerprint density at radius 3 is 1.79 bits per heavy atom. The minimum Gasteiger partial charge on any atom is -0.390 e. The van der Waals surface area contributed by atoms with Crippen LogP contribution in [0.15, 0.2) is 0 Å². The second kappa shape index (κ2) is 3.52. The van der Waals surface area contributed by atoms with Gasteiger partial charge in [0.25, 0.3) is 0 Å². The Labute approximate surface area is 87.9 Å². The van der Waals surface area contributed by atoms with E-state index in [-0.39, 0.29) is 5.60 Å². The normalized spacial score (nSPS) is 30.0. The third kappa shape index (κ3) is 1.71. The van der Waals surface area contributed by atoms with Crippen molar-refractivity contribution in [3.8, 4) is 0 Å². The molecule has 2 rings (SSSR count). The summed E-state index contributed by atoms with van der Waals surface area (Å²) in [6.45, 7) is 4.32. The maximum Gasteiger partial charge on any atom is 0.0671 e. The fourth-order valence-electron chi connectivity index (χ4n) is 3.42. The van der Waals surface area contributed by atoms with E-state index in [4.69, 9.17) is 0 Å². The molecule has 0 radical (unpaired) electrons. The number of hydrogen-bond acceptors (Lipinski definition) is 1. The van der Waals surface area contributed by atoms with Crippen molar-refractivity contribution >= 4 is 0 Å². The molecule has 2 aliphatic rings. The molecule has 0 saturated heterocycles. The molecule has 0 aliphatic heterocycles. The van der Waals surface area contributed by atoms with Gasteiger partial charge >= 0.3 is 0 Å². The summed E-state index contributed by atoms with van der Waals surface area (Å²) < 4.78 is 0. The molecule has 2 fully saturated rings. The monoisotopic (exact) mass is 196 g/mol. The first-order valence-electron chi connectivity index (χ1n) is 6.29. The van der Waals surface area contributed by atoms with Crippen LogP contribution in [0.1, 0.15) is 65.2 Å². The van der Waals surface area contributed by atoms with Gasteiger partial charge in [-0.3, -0.25) is 0 Å². The van der Waals surface area contributed by atoms with Crippen LogP contribution < -0.4 is 0 Å². The molecule has 2 saturated carbocycles. The van der Waals surface area contributed by atoms with Crippen molar-refractivity contribution in [2.75, 3.05) is 0 Å². The van der Waals surface area contributed by atoms with Crippen LogP contribution in [0.3, 0.4) is 0 Å². The topological polar surface area (TPSA) is 20.2 Å². The van der Waals surface area contributed by atoms with Gasteiger partial charge < -0.3 is 5.11 Å². The van der Waals surface area contributed by atoms with E-state index in [9.17, 15) is 5.11 Å². The Morgan fingerprint density at radius 2 is 1.36 bits per heavy atom. The van der Waals surface area contributed by atoms with E-state index >= 15 is 0 Å². The summed E-state index contributed by atoms with van der Waals surface area (Å²) in [4.78, 5) is 0. The molecule has 0 aromatic rings. The van der Waals surface area contributed by atoms with Crippen LogP contribution in [0, 0.1) is 11.3 Å². The average molecular weight is 196 g/mol. The van der Waals surface area contributed by atoms with Gasteiger partial charge in [0.05, 0.1) is 5.60 Å². The SMILES string of the molecule is CC(C)C1(O)CCC2(CCCC2)CC1. The fraction of sp³-hybridized carbons (Fsp3) is 1.00. The van der Waals surface area contributed by atoms with Crippen LogP contribution in [0.25, 0.3) is 0 Å². The number of rotatable bonds is 1. The van der Waals surface area contributed by atoms with Crippen LogP contribution >= 0.6 is 0 Å². The number of hydrogen-bond donors (Lipinski definition) is 1. The lowest BCUT2D eigenvalue weighted by Gasteiger charge is -2.44. The molecule has 0 unspecified atom stereocenters. The zero-order chi connectivity index (χ0) is 10.2. The van der Waals surface area contributed by atoms with Gasteiger partial charge in [-0.2, -0.15) is 0 Å². The van der Waals surface area contributed by atoms with Crippen LogP contribution in [-0.2, 0) is 0 Å². The summed E-state index contributed by atoms with van der Waals surface area (Å²) in [6, 6.07) is 0. The van der Waals surface area contributed by atoms with Gasteiger partial charge in [-0.15, -0.1) is 0 Å². The van der Waals surface area contributed by atoms with Crippen LogP contribution in [0.5, 0.6) is 0 Å². The van der Waals surface area contributed by atoms with Crippen molar-refractivity contribution < 1.29 is 5.11 Å². The lowest BCUT2D eigenvalue weighted by atomic mass is 9.65. The molecular weight excluding hydrogens is 172 g/mol. The molecule has 1 heteroatoms. The lowest BCUT2D eigenvalue weighted by molar-refractivity contribution is -0.0663. The molecule has 14 heavy (non-hydrogen) atoms. The third-order valence-corrected chi connectivity index (χ3v) is 4.92. The summed E-state index contributed by atoms with van der Waals surface area (Å²) in [5.74, 6) is 0.432. The second-order valence-electron chi connectivity index (χ2n) is 5.97. The van der Waals surface area contributed by atoms with E-state index in [2.05, 4.69) is 13.8 Å². The van der Waals surface area contributed by atoms with Crippen LogP contribution in [0.4, 0.5) is 0 Å². The Balaban J connectivity index is 1.97. The van der Waals surface area contributed by atoms with E-state index < -0.39 is 0 Å². The zero-order valence-electron chi connectivity index (χ0n) is 9.68. The maximum atomic E-state index is 10.4. The average Bonchev–Trinajstić information content (AvgIpc) is 2.60. The Morgan fingerprint density at radius 1 is 0.857 bits per heavy atom. The summed E-state index contributed by atoms with van der Waals surface area (Å²) >= 11 is 0. The molecule has 0 bridgehead atoms. The van der Waals surface area contributed by atoms with E-state index in [1.807, 2.05) is 0 Å². The predicted molar refractivity (Wildman–Crippen MR) is 59.2 cm³/mol. The zero-order valence-corrected chi connectivity index (χ0v) is 9.68. The molecular formula is C13H24O. The van der Waals surface area contributed by atoms with Crippen molar-refractivity contribution in [1.29, 1.82) is 0 Å². The van der Waals surface area contributed by atoms with E-state index in [1.54, 1.807) is 0 Å². The molecule has 82 valence electrons. The molecule has 2 aliphatic carbocycles. The van der Waals surface area contributed by atoms with E-state index in [1.165, 1.54) is 38.5 Å². The summed E-state index contributed by atoms with van der Waals surface area (Å²) in [5.41, 5.74) is 0.314. The highest BCUT2D eigenvalue weighted by molar-refractivity contribution is 4.96. The number of aliphatic hydroxyl groups is 1. The van der Waals surface area contributed by atoms with Crippen molar-refractivity contribution in [3.63, 3.8) is 0 Å².